The van der Waals surface area contributed by atoms with E-state index in [4.69, 9.17) is 28.4 Å². The van der Waals surface area contributed by atoms with Crippen LogP contribution in [0.2, 0.25) is 0 Å². The van der Waals surface area contributed by atoms with E-state index in [0.717, 1.165) is 11.9 Å². The molecule has 0 radical (unpaired) electrons. The van der Waals surface area contributed by atoms with Crippen molar-refractivity contribution in [1.29, 1.82) is 0 Å². The zero-order chi connectivity index (χ0) is 26.0. The number of ether oxygens (including phenoxy) is 6. The molecule has 0 aliphatic rings. The topological polar surface area (TPSA) is 92.8 Å². The summed E-state index contributed by atoms with van der Waals surface area (Å²) in [7, 11) is 5.35. The van der Waals surface area contributed by atoms with Gasteiger partial charge in [-0.1, -0.05) is 0 Å². The van der Waals surface area contributed by atoms with Crippen molar-refractivity contribution in [1.82, 2.24) is 4.31 Å². The van der Waals surface area contributed by atoms with Crippen molar-refractivity contribution >= 4 is 26.4 Å². The highest BCUT2D eigenvalue weighted by molar-refractivity contribution is 7.97. The molecule has 0 heterocycles. The number of rotatable bonds is 13. The Morgan fingerprint density at radius 2 is 1.11 bits per heavy atom. The van der Waals surface area contributed by atoms with Crippen molar-refractivity contribution in [2.75, 3.05) is 35.0 Å². The lowest BCUT2D eigenvalue weighted by Gasteiger charge is -2.36. The number of carbonyl (C=O) groups is 1. The first-order chi connectivity index (χ1) is 17.4. The Morgan fingerprint density at radius 3 is 1.47 bits per heavy atom. The van der Waals surface area contributed by atoms with Gasteiger partial charge in [0.05, 0.1) is 28.4 Å². The fourth-order valence-corrected chi connectivity index (χ4v) is 4.48. The summed E-state index contributed by atoms with van der Waals surface area (Å²) >= 11 is 1.11. The van der Waals surface area contributed by atoms with Crippen LogP contribution in [0, 0.1) is 0 Å². The van der Waals surface area contributed by atoms with Gasteiger partial charge in [-0.25, -0.2) is 0 Å². The molecular weight excluding hydrogens is 505 g/mol. The summed E-state index contributed by atoms with van der Waals surface area (Å²) in [6.07, 6.45) is 0. The second-order valence-electron chi connectivity index (χ2n) is 7.07. The van der Waals surface area contributed by atoms with Crippen LogP contribution in [0.5, 0.6) is 28.7 Å². The summed E-state index contributed by atoms with van der Waals surface area (Å²) in [5.41, 5.74) is -1.97. The Labute approximate surface area is 215 Å². The van der Waals surface area contributed by atoms with Crippen molar-refractivity contribution < 1.29 is 37.8 Å². The molecular formula is C25H26NO8PS. The lowest BCUT2D eigenvalue weighted by atomic mass is 10.3. The zero-order valence-corrected chi connectivity index (χ0v) is 21.9. The average Bonchev–Trinajstić information content (AvgIpc) is 2.93. The van der Waals surface area contributed by atoms with Crippen molar-refractivity contribution in [3.05, 3.63) is 72.8 Å². The highest BCUT2D eigenvalue weighted by Gasteiger charge is 2.46. The third kappa shape index (κ3) is 7.04. The molecule has 0 atom stereocenters. The van der Waals surface area contributed by atoms with Crippen LogP contribution in [0.4, 0.5) is 0 Å². The van der Waals surface area contributed by atoms with Gasteiger partial charge in [-0.05, 0) is 84.7 Å². The summed E-state index contributed by atoms with van der Waals surface area (Å²) in [5.74, 6) is 1.97. The molecule has 36 heavy (non-hydrogen) atoms. The van der Waals surface area contributed by atoms with Crippen LogP contribution >= 0.6 is 20.4 Å². The number of carbonyl (C=O) groups excluding carboxylic acids is 1. The standard InChI is InChI=1S/C25H26NO8PS/c1-29-18-5-9-21(10-6-18)33-25(35-28,34-22-11-7-19(30-2)8-12-22)26(17-24(27)32-4)36-23-15-13-20(31-3)14-16-23/h5-16H,17H2,1-4H3. The third-order valence-electron chi connectivity index (χ3n) is 4.83. The average molecular weight is 532 g/mol. The second kappa shape index (κ2) is 13.0. The smallest absolute Gasteiger partial charge is 0.410 e. The van der Waals surface area contributed by atoms with Gasteiger partial charge in [0, 0.05) is 4.90 Å². The molecule has 0 unspecified atom stereocenters. The van der Waals surface area contributed by atoms with E-state index in [1.807, 2.05) is 0 Å². The van der Waals surface area contributed by atoms with Gasteiger partial charge in [0.2, 0.25) is 0 Å². The zero-order valence-electron chi connectivity index (χ0n) is 20.2. The maximum Gasteiger partial charge on any atom is 0.410 e. The van der Waals surface area contributed by atoms with Crippen LogP contribution in [0.25, 0.3) is 0 Å². The quantitative estimate of drug-likeness (QED) is 0.126. The first kappa shape index (κ1) is 27.1. The van der Waals surface area contributed by atoms with Crippen LogP contribution in [-0.2, 0) is 14.1 Å². The molecule has 9 nitrogen and oxygen atoms in total. The van der Waals surface area contributed by atoms with Crippen LogP contribution in [0.3, 0.4) is 0 Å². The lowest BCUT2D eigenvalue weighted by molar-refractivity contribution is -0.151. The Morgan fingerprint density at radius 1 is 0.722 bits per heavy atom. The van der Waals surface area contributed by atoms with E-state index in [2.05, 4.69) is 0 Å². The van der Waals surface area contributed by atoms with Gasteiger partial charge in [-0.2, -0.15) is 0 Å². The fraction of sp³-hybridized carbons (Fsp3) is 0.240. The molecule has 0 aliphatic heterocycles. The molecule has 3 aromatic rings. The van der Waals surface area contributed by atoms with E-state index in [9.17, 15) is 9.36 Å². The SMILES string of the molecule is COC(=O)CN(Sc1ccc(OC)cc1)C(Oc1ccc(OC)cc1)(Oc1ccc(OC)cc1)P=O. The van der Waals surface area contributed by atoms with Gasteiger partial charge in [-0.15, -0.1) is 4.31 Å². The van der Waals surface area contributed by atoms with Gasteiger partial charge in [0.15, 0.2) is 0 Å². The number of nitrogens with zero attached hydrogens (tertiary/aromatic N) is 1. The normalized spacial score (nSPS) is 11.1. The van der Waals surface area contributed by atoms with Crippen LogP contribution in [-0.4, -0.2) is 50.9 Å². The summed E-state index contributed by atoms with van der Waals surface area (Å²) in [6.45, 7) is -0.311. The predicted molar refractivity (Wildman–Crippen MR) is 135 cm³/mol. The number of methoxy groups -OCH3 is 4. The van der Waals surface area contributed by atoms with Crippen molar-refractivity contribution in [2.45, 2.75) is 10.5 Å². The summed E-state index contributed by atoms with van der Waals surface area (Å²) in [4.78, 5) is 13.1. The monoisotopic (exact) mass is 531 g/mol. The molecule has 0 amide bonds. The first-order valence-corrected chi connectivity index (χ1v) is 12.2. The molecule has 0 N–H and O–H groups in total. The Bertz CT molecular complexity index is 1080. The molecule has 0 aromatic heterocycles. The first-order valence-electron chi connectivity index (χ1n) is 10.6. The molecule has 0 bridgehead atoms. The molecule has 0 spiro atoms. The number of esters is 1. The maximum atomic E-state index is 12.9. The van der Waals surface area contributed by atoms with Crippen molar-refractivity contribution in [2.24, 2.45) is 0 Å². The van der Waals surface area contributed by atoms with E-state index in [0.29, 0.717) is 33.6 Å². The van der Waals surface area contributed by atoms with Crippen molar-refractivity contribution in [3.8, 4) is 28.7 Å². The van der Waals surface area contributed by atoms with E-state index in [1.165, 1.54) is 11.4 Å². The third-order valence-corrected chi connectivity index (χ3v) is 6.69. The Hall–Kier alpha value is -3.46. The van der Waals surface area contributed by atoms with Gasteiger partial charge in [0.25, 0.3) is 8.46 Å². The Kier molecular flexibility index (Phi) is 9.81. The molecule has 0 saturated carbocycles. The van der Waals surface area contributed by atoms with Crippen LogP contribution in [0.1, 0.15) is 0 Å². The molecule has 0 aliphatic carbocycles. The molecule has 3 aromatic carbocycles. The minimum Gasteiger partial charge on any atom is -0.497 e. The summed E-state index contributed by atoms with van der Waals surface area (Å²) < 4.78 is 47.1. The van der Waals surface area contributed by atoms with E-state index in [1.54, 1.807) is 94.1 Å². The predicted octanol–water partition coefficient (Wildman–Crippen LogP) is 5.26. The van der Waals surface area contributed by atoms with Crippen LogP contribution < -0.4 is 23.7 Å². The van der Waals surface area contributed by atoms with E-state index in [-0.39, 0.29) is 6.54 Å². The molecule has 3 rings (SSSR count). The number of hydrogen-bond donors (Lipinski definition) is 0. The highest BCUT2D eigenvalue weighted by atomic mass is 32.2. The Balaban J connectivity index is 2.04. The number of benzene rings is 3. The van der Waals surface area contributed by atoms with Gasteiger partial charge in [-0.3, -0.25) is 9.36 Å². The second-order valence-corrected chi connectivity index (χ2v) is 8.92. The minimum atomic E-state index is -1.97. The van der Waals surface area contributed by atoms with E-state index < -0.39 is 20.1 Å². The number of hydrogen-bond acceptors (Lipinski definition) is 10. The molecule has 0 fully saturated rings. The van der Waals surface area contributed by atoms with Gasteiger partial charge < -0.3 is 28.4 Å². The highest BCUT2D eigenvalue weighted by Crippen LogP contribution is 2.41. The maximum absolute atomic E-state index is 12.9. The van der Waals surface area contributed by atoms with E-state index >= 15 is 0 Å². The largest absolute Gasteiger partial charge is 0.497 e. The van der Waals surface area contributed by atoms with Crippen LogP contribution in [0.15, 0.2) is 77.7 Å². The molecule has 11 heteroatoms. The minimum absolute atomic E-state index is 0.311. The van der Waals surface area contributed by atoms with Gasteiger partial charge >= 0.3 is 11.6 Å². The lowest BCUT2D eigenvalue weighted by Crippen LogP contribution is -2.52. The summed E-state index contributed by atoms with van der Waals surface area (Å²) in [5, 5.41) is 0. The van der Waals surface area contributed by atoms with Gasteiger partial charge in [0.1, 0.15) is 35.3 Å². The fourth-order valence-electron chi connectivity index (χ4n) is 2.94. The molecule has 190 valence electrons. The molecule has 0 saturated heterocycles. The summed E-state index contributed by atoms with van der Waals surface area (Å²) in [6, 6.07) is 20.5. The van der Waals surface area contributed by atoms with Crippen molar-refractivity contribution in [3.63, 3.8) is 0 Å².